The van der Waals surface area contributed by atoms with Crippen LogP contribution in [0.3, 0.4) is 0 Å². The normalized spacial score (nSPS) is 15.0. The number of likely N-dealkylation sites (N-methyl/N-ethyl adjacent to an activating group) is 1. The molecule has 0 unspecified atom stereocenters. The number of nitrogens with one attached hydrogen (secondary N) is 1. The third kappa shape index (κ3) is 6.15. The first kappa shape index (κ1) is 20.5. The van der Waals surface area contributed by atoms with Crippen LogP contribution in [0.25, 0.3) is 0 Å². The number of piperazine rings is 1. The molecule has 0 atom stereocenters. The van der Waals surface area contributed by atoms with Gasteiger partial charge in [-0.1, -0.05) is 17.7 Å². The van der Waals surface area contributed by atoms with Crippen LogP contribution < -0.4 is 5.32 Å². The molecule has 2 aromatic rings. The Labute approximate surface area is 170 Å². The maximum atomic E-state index is 12.5. The summed E-state index contributed by atoms with van der Waals surface area (Å²) in [7, 11) is 1.97. The van der Waals surface area contributed by atoms with Gasteiger partial charge in [-0.2, -0.15) is 11.3 Å². The smallest absolute Gasteiger partial charge is 0.238 e. The summed E-state index contributed by atoms with van der Waals surface area (Å²) >= 11 is 1.67. The van der Waals surface area contributed by atoms with E-state index in [9.17, 15) is 9.59 Å². The summed E-state index contributed by atoms with van der Waals surface area (Å²) in [4.78, 5) is 30.8. The zero-order valence-electron chi connectivity index (χ0n) is 16.6. The third-order valence-corrected chi connectivity index (χ3v) is 5.60. The third-order valence-electron chi connectivity index (χ3n) is 4.87. The highest BCUT2D eigenvalue weighted by Crippen LogP contribution is 2.10. The molecule has 2 amide bonds. The summed E-state index contributed by atoms with van der Waals surface area (Å²) in [5, 5.41) is 7.10. The summed E-state index contributed by atoms with van der Waals surface area (Å²) in [5.74, 6) is 0.139. The van der Waals surface area contributed by atoms with Crippen molar-refractivity contribution in [3.05, 3.63) is 52.2 Å². The molecule has 1 aliphatic heterocycles. The highest BCUT2D eigenvalue weighted by atomic mass is 32.1. The van der Waals surface area contributed by atoms with Crippen LogP contribution in [0.15, 0.2) is 41.1 Å². The van der Waals surface area contributed by atoms with Gasteiger partial charge < -0.3 is 10.2 Å². The van der Waals surface area contributed by atoms with E-state index in [1.807, 2.05) is 48.0 Å². The van der Waals surface area contributed by atoms with Gasteiger partial charge in [-0.3, -0.25) is 19.4 Å². The molecular formula is C21H28N4O2S. The second kappa shape index (κ2) is 9.82. The minimum absolute atomic E-state index is 0.0147. The second-order valence-corrected chi connectivity index (χ2v) is 8.16. The Bertz CT molecular complexity index is 768. The molecule has 1 saturated heterocycles. The number of carbonyl (C=O) groups excluding carboxylic acids is 2. The van der Waals surface area contributed by atoms with Crippen molar-refractivity contribution in [1.82, 2.24) is 14.7 Å². The Balaban J connectivity index is 1.38. The monoisotopic (exact) mass is 400 g/mol. The van der Waals surface area contributed by atoms with Crippen LogP contribution in [0.1, 0.15) is 11.1 Å². The summed E-state index contributed by atoms with van der Waals surface area (Å²) in [6, 6.07) is 9.88. The molecule has 0 bridgehead atoms. The fourth-order valence-corrected chi connectivity index (χ4v) is 3.94. The van der Waals surface area contributed by atoms with E-state index in [-0.39, 0.29) is 11.8 Å². The number of nitrogens with zero attached hydrogens (tertiary/aromatic N) is 3. The van der Waals surface area contributed by atoms with Crippen molar-refractivity contribution in [3.63, 3.8) is 0 Å². The van der Waals surface area contributed by atoms with Crippen molar-refractivity contribution in [2.75, 3.05) is 51.6 Å². The molecular weight excluding hydrogens is 372 g/mol. The standard InChI is InChI=1S/C21H28N4O2S/c1-17-3-5-19(6-4-17)22-20(26)14-24-8-10-25(11-9-24)21(27)15-23(2)13-18-7-12-28-16-18/h3-7,12,16H,8-11,13-15H2,1-2H3,(H,22,26). The molecule has 7 heteroatoms. The van der Waals surface area contributed by atoms with Gasteiger partial charge in [-0.05, 0) is 48.5 Å². The van der Waals surface area contributed by atoms with Gasteiger partial charge in [0.05, 0.1) is 13.1 Å². The summed E-state index contributed by atoms with van der Waals surface area (Å²) in [6.45, 7) is 6.37. The van der Waals surface area contributed by atoms with Gasteiger partial charge >= 0.3 is 0 Å². The average Bonchev–Trinajstić information content (AvgIpc) is 3.17. The number of carbonyl (C=O) groups is 2. The van der Waals surface area contributed by atoms with E-state index < -0.39 is 0 Å². The molecule has 1 fully saturated rings. The highest BCUT2D eigenvalue weighted by molar-refractivity contribution is 7.07. The van der Waals surface area contributed by atoms with Crippen LogP contribution >= 0.6 is 11.3 Å². The predicted molar refractivity (Wildman–Crippen MR) is 113 cm³/mol. The number of anilines is 1. The van der Waals surface area contributed by atoms with Gasteiger partial charge in [-0.15, -0.1) is 0 Å². The van der Waals surface area contributed by atoms with Gasteiger partial charge in [0, 0.05) is 38.4 Å². The van der Waals surface area contributed by atoms with Gasteiger partial charge in [-0.25, -0.2) is 0 Å². The summed E-state index contributed by atoms with van der Waals surface area (Å²) < 4.78 is 0. The summed E-state index contributed by atoms with van der Waals surface area (Å²) in [6.07, 6.45) is 0. The number of thiophene rings is 1. The average molecular weight is 401 g/mol. The van der Waals surface area contributed by atoms with Crippen molar-refractivity contribution in [3.8, 4) is 0 Å². The molecule has 1 aliphatic rings. The Hall–Kier alpha value is -2.22. The van der Waals surface area contributed by atoms with Crippen LogP contribution in [-0.2, 0) is 16.1 Å². The summed E-state index contributed by atoms with van der Waals surface area (Å²) in [5.41, 5.74) is 3.22. The maximum absolute atomic E-state index is 12.5. The van der Waals surface area contributed by atoms with Crippen molar-refractivity contribution in [2.45, 2.75) is 13.5 Å². The molecule has 1 aromatic carbocycles. The van der Waals surface area contributed by atoms with Crippen LogP contribution in [0, 0.1) is 6.92 Å². The number of hydrogen-bond acceptors (Lipinski definition) is 5. The SMILES string of the molecule is Cc1ccc(NC(=O)CN2CCN(C(=O)CN(C)Cc3ccsc3)CC2)cc1. The fourth-order valence-electron chi connectivity index (χ4n) is 3.28. The van der Waals surface area contributed by atoms with Crippen molar-refractivity contribution in [1.29, 1.82) is 0 Å². The first-order valence-electron chi connectivity index (χ1n) is 9.56. The predicted octanol–water partition coefficient (Wildman–Crippen LogP) is 2.27. The van der Waals surface area contributed by atoms with Crippen LogP contribution in [0.4, 0.5) is 5.69 Å². The molecule has 1 N–H and O–H groups in total. The van der Waals surface area contributed by atoms with Gasteiger partial charge in [0.2, 0.25) is 11.8 Å². The zero-order valence-corrected chi connectivity index (χ0v) is 17.4. The van der Waals surface area contributed by atoms with Crippen LogP contribution in [-0.4, -0.2) is 72.8 Å². The lowest BCUT2D eigenvalue weighted by Crippen LogP contribution is -2.52. The highest BCUT2D eigenvalue weighted by Gasteiger charge is 2.23. The van der Waals surface area contributed by atoms with Crippen molar-refractivity contribution < 1.29 is 9.59 Å². The van der Waals surface area contributed by atoms with Crippen molar-refractivity contribution >= 4 is 28.8 Å². The lowest BCUT2D eigenvalue weighted by Gasteiger charge is -2.35. The fraction of sp³-hybridized carbons (Fsp3) is 0.429. The largest absolute Gasteiger partial charge is 0.339 e. The Morgan fingerprint density at radius 3 is 2.46 bits per heavy atom. The Morgan fingerprint density at radius 2 is 1.82 bits per heavy atom. The van der Waals surface area contributed by atoms with Gasteiger partial charge in [0.25, 0.3) is 0 Å². The minimum atomic E-state index is -0.0147. The second-order valence-electron chi connectivity index (χ2n) is 7.38. The molecule has 150 valence electrons. The number of rotatable bonds is 7. The van der Waals surface area contributed by atoms with E-state index in [1.165, 1.54) is 11.1 Å². The lowest BCUT2D eigenvalue weighted by atomic mass is 10.2. The van der Waals surface area contributed by atoms with Crippen LogP contribution in [0.2, 0.25) is 0 Å². The quantitative estimate of drug-likeness (QED) is 0.775. The molecule has 2 heterocycles. The molecule has 3 rings (SSSR count). The number of amides is 2. The van der Waals surface area contributed by atoms with Gasteiger partial charge in [0.15, 0.2) is 0 Å². The molecule has 0 aliphatic carbocycles. The molecule has 0 radical (unpaired) electrons. The number of hydrogen-bond donors (Lipinski definition) is 1. The van der Waals surface area contributed by atoms with Crippen LogP contribution in [0.5, 0.6) is 0 Å². The lowest BCUT2D eigenvalue weighted by molar-refractivity contribution is -0.134. The molecule has 0 saturated carbocycles. The van der Waals surface area contributed by atoms with E-state index in [1.54, 1.807) is 11.3 Å². The number of benzene rings is 1. The van der Waals surface area contributed by atoms with E-state index in [0.29, 0.717) is 26.2 Å². The number of aryl methyl sites for hydroxylation is 1. The molecule has 28 heavy (non-hydrogen) atoms. The van der Waals surface area contributed by atoms with E-state index in [0.717, 1.165) is 25.3 Å². The Morgan fingerprint density at radius 1 is 1.11 bits per heavy atom. The van der Waals surface area contributed by atoms with E-state index in [2.05, 4.69) is 27.0 Å². The molecule has 6 nitrogen and oxygen atoms in total. The zero-order chi connectivity index (χ0) is 19.9. The van der Waals surface area contributed by atoms with Crippen molar-refractivity contribution in [2.24, 2.45) is 0 Å². The van der Waals surface area contributed by atoms with E-state index in [4.69, 9.17) is 0 Å². The minimum Gasteiger partial charge on any atom is -0.339 e. The Kier molecular flexibility index (Phi) is 7.19. The van der Waals surface area contributed by atoms with Gasteiger partial charge in [0.1, 0.15) is 0 Å². The topological polar surface area (TPSA) is 55.9 Å². The molecule has 0 spiro atoms. The molecule has 1 aromatic heterocycles. The first-order chi connectivity index (χ1) is 13.5. The first-order valence-corrected chi connectivity index (χ1v) is 10.5. The maximum Gasteiger partial charge on any atom is 0.238 e. The van der Waals surface area contributed by atoms with E-state index >= 15 is 0 Å².